The number of benzene rings is 6. The number of pyridine rings is 3. The molecule has 0 fully saturated rings. The van der Waals surface area contributed by atoms with E-state index in [9.17, 15) is 0 Å². The van der Waals surface area contributed by atoms with E-state index >= 15 is 0 Å². The van der Waals surface area contributed by atoms with Crippen LogP contribution in [0.3, 0.4) is 0 Å². The number of hydrogen-bond donors (Lipinski definition) is 0. The van der Waals surface area contributed by atoms with E-state index in [-0.39, 0.29) is 0 Å². The summed E-state index contributed by atoms with van der Waals surface area (Å²) in [7, 11) is 0. The normalized spacial score (nSPS) is 11.5. The molecular formula is C43H27N3. The maximum Gasteiger partial charge on any atom is 0.0794 e. The molecule has 0 saturated heterocycles. The van der Waals surface area contributed by atoms with Crippen molar-refractivity contribution in [2.45, 2.75) is 0 Å². The predicted octanol–water partition coefficient (Wildman–Crippen LogP) is 11.2. The average molecular weight is 586 g/mol. The highest BCUT2D eigenvalue weighted by Crippen LogP contribution is 2.42. The fourth-order valence-electron chi connectivity index (χ4n) is 6.78. The zero-order valence-electron chi connectivity index (χ0n) is 24.9. The molecule has 0 bridgehead atoms. The van der Waals surface area contributed by atoms with E-state index in [0.717, 1.165) is 50.4 Å². The molecular weight excluding hydrogens is 558 g/mol. The molecule has 3 aromatic heterocycles. The molecule has 3 heteroatoms. The molecule has 6 aromatic carbocycles. The van der Waals surface area contributed by atoms with E-state index < -0.39 is 0 Å². The van der Waals surface area contributed by atoms with Gasteiger partial charge in [0.15, 0.2) is 0 Å². The van der Waals surface area contributed by atoms with Crippen molar-refractivity contribution >= 4 is 43.2 Å². The first-order valence-corrected chi connectivity index (χ1v) is 15.5. The second-order valence-electron chi connectivity index (χ2n) is 11.6. The summed E-state index contributed by atoms with van der Waals surface area (Å²) in [6.45, 7) is 0. The van der Waals surface area contributed by atoms with Gasteiger partial charge in [0, 0.05) is 45.2 Å². The minimum atomic E-state index is 0.913. The third-order valence-electron chi connectivity index (χ3n) is 8.93. The van der Waals surface area contributed by atoms with Crippen LogP contribution in [0.25, 0.3) is 88.1 Å². The second kappa shape index (κ2) is 10.8. The van der Waals surface area contributed by atoms with Gasteiger partial charge in [-0.05, 0) is 69.1 Å². The van der Waals surface area contributed by atoms with E-state index in [1.807, 2.05) is 24.4 Å². The first kappa shape index (κ1) is 26.2. The molecule has 0 spiro atoms. The largest absolute Gasteiger partial charge is 0.264 e. The fourth-order valence-corrected chi connectivity index (χ4v) is 6.78. The number of rotatable bonds is 4. The maximum absolute atomic E-state index is 5.31. The smallest absolute Gasteiger partial charge is 0.0794 e. The van der Waals surface area contributed by atoms with Gasteiger partial charge >= 0.3 is 0 Å². The van der Waals surface area contributed by atoms with Crippen LogP contribution in [0.15, 0.2) is 164 Å². The van der Waals surface area contributed by atoms with E-state index in [1.54, 1.807) is 6.20 Å². The van der Waals surface area contributed by atoms with Gasteiger partial charge in [-0.3, -0.25) is 4.98 Å². The van der Waals surface area contributed by atoms with Crippen molar-refractivity contribution < 1.29 is 0 Å². The summed E-state index contributed by atoms with van der Waals surface area (Å²) in [5.41, 5.74) is 9.33. The van der Waals surface area contributed by atoms with Gasteiger partial charge in [-0.1, -0.05) is 115 Å². The minimum Gasteiger partial charge on any atom is -0.264 e. The van der Waals surface area contributed by atoms with Crippen LogP contribution in [-0.2, 0) is 0 Å². The molecule has 0 aliphatic rings. The third kappa shape index (κ3) is 4.33. The quantitative estimate of drug-likeness (QED) is 0.193. The lowest BCUT2D eigenvalue weighted by Gasteiger charge is -2.16. The highest BCUT2D eigenvalue weighted by Gasteiger charge is 2.17. The van der Waals surface area contributed by atoms with Gasteiger partial charge in [-0.25, -0.2) is 9.97 Å². The highest BCUT2D eigenvalue weighted by molar-refractivity contribution is 6.33. The lowest BCUT2D eigenvalue weighted by molar-refractivity contribution is 1.28. The van der Waals surface area contributed by atoms with Crippen molar-refractivity contribution in [3.8, 4) is 44.9 Å². The van der Waals surface area contributed by atoms with Gasteiger partial charge in [0.25, 0.3) is 0 Å². The summed E-state index contributed by atoms with van der Waals surface area (Å²) in [5, 5.41) is 8.63. The van der Waals surface area contributed by atoms with Crippen molar-refractivity contribution in [2.24, 2.45) is 0 Å². The van der Waals surface area contributed by atoms with Crippen molar-refractivity contribution in [3.63, 3.8) is 0 Å². The molecule has 3 heterocycles. The summed E-state index contributed by atoms with van der Waals surface area (Å²) in [6.07, 6.45) is 3.63. The Bertz CT molecular complexity index is 2570. The van der Waals surface area contributed by atoms with E-state index in [1.165, 1.54) is 37.7 Å². The van der Waals surface area contributed by atoms with Crippen LogP contribution in [0.1, 0.15) is 0 Å². The molecule has 0 saturated carbocycles. The first-order chi connectivity index (χ1) is 22.8. The summed E-state index contributed by atoms with van der Waals surface area (Å²) >= 11 is 0. The molecule has 0 N–H and O–H groups in total. The van der Waals surface area contributed by atoms with Crippen LogP contribution in [-0.4, -0.2) is 15.0 Å². The van der Waals surface area contributed by atoms with E-state index in [4.69, 9.17) is 9.97 Å². The Morgan fingerprint density at radius 3 is 1.67 bits per heavy atom. The Labute approximate surface area is 266 Å². The topological polar surface area (TPSA) is 38.7 Å². The first-order valence-electron chi connectivity index (χ1n) is 15.5. The number of hydrogen-bond acceptors (Lipinski definition) is 3. The fraction of sp³-hybridized carbons (Fsp3) is 0. The van der Waals surface area contributed by atoms with Crippen LogP contribution in [0.4, 0.5) is 0 Å². The Hall–Kier alpha value is -6.19. The average Bonchev–Trinajstić information content (AvgIpc) is 3.15. The van der Waals surface area contributed by atoms with E-state index in [2.05, 4.69) is 138 Å². The Balaban J connectivity index is 1.18. The zero-order valence-corrected chi connectivity index (χ0v) is 24.9. The van der Waals surface area contributed by atoms with Crippen molar-refractivity contribution in [1.29, 1.82) is 0 Å². The molecule has 214 valence electrons. The van der Waals surface area contributed by atoms with Gasteiger partial charge in [0.2, 0.25) is 0 Å². The van der Waals surface area contributed by atoms with Crippen molar-refractivity contribution in [3.05, 3.63) is 164 Å². The molecule has 0 atom stereocenters. The van der Waals surface area contributed by atoms with Crippen LogP contribution in [0.2, 0.25) is 0 Å². The van der Waals surface area contributed by atoms with Crippen LogP contribution in [0, 0.1) is 0 Å². The molecule has 0 radical (unpaired) electrons. The van der Waals surface area contributed by atoms with Crippen molar-refractivity contribution in [1.82, 2.24) is 15.0 Å². The molecule has 0 aliphatic carbocycles. The van der Waals surface area contributed by atoms with Crippen molar-refractivity contribution in [2.75, 3.05) is 0 Å². The molecule has 0 amide bonds. The van der Waals surface area contributed by atoms with E-state index in [0.29, 0.717) is 0 Å². The standard InChI is InChI=1S/C43H27N3/c1-3-15-35-33(13-1)34-14-2-4-16-36(34)42-41(35)37-17-5-6-18-40(37)46-43(42)29-23-21-28(22-24-29)30-10-7-11-31(26-30)38-19-8-20-39(45-38)32-12-9-25-44-27-32/h1-27H. The lowest BCUT2D eigenvalue weighted by Crippen LogP contribution is -1.93. The molecule has 3 nitrogen and oxygen atoms in total. The van der Waals surface area contributed by atoms with Gasteiger partial charge < -0.3 is 0 Å². The predicted molar refractivity (Wildman–Crippen MR) is 192 cm³/mol. The number of aromatic nitrogens is 3. The monoisotopic (exact) mass is 585 g/mol. The number of nitrogens with zero attached hydrogens (tertiary/aromatic N) is 3. The summed E-state index contributed by atoms with van der Waals surface area (Å²) < 4.78 is 0. The highest BCUT2D eigenvalue weighted by atomic mass is 14.7. The number of para-hydroxylation sites is 1. The van der Waals surface area contributed by atoms with Gasteiger partial charge in [-0.2, -0.15) is 0 Å². The van der Waals surface area contributed by atoms with Gasteiger partial charge in [0.05, 0.1) is 22.6 Å². The summed E-state index contributed by atoms with van der Waals surface area (Å²) in [6, 6.07) is 53.6. The summed E-state index contributed by atoms with van der Waals surface area (Å²) in [4.78, 5) is 14.5. The van der Waals surface area contributed by atoms with Crippen LogP contribution in [0.5, 0.6) is 0 Å². The Morgan fingerprint density at radius 2 is 0.935 bits per heavy atom. The molecule has 0 aliphatic heterocycles. The molecule has 0 unspecified atom stereocenters. The van der Waals surface area contributed by atoms with Gasteiger partial charge in [0.1, 0.15) is 0 Å². The maximum atomic E-state index is 5.31. The summed E-state index contributed by atoms with van der Waals surface area (Å²) in [5.74, 6) is 0. The molecule has 46 heavy (non-hydrogen) atoms. The number of fused-ring (bicyclic) bond motifs is 8. The SMILES string of the molecule is c1cncc(-c2cccc(-c3cccc(-c4ccc(-c5nc6ccccc6c6c7ccccc7c7ccccc7c56)cc4)c3)n2)c1. The minimum absolute atomic E-state index is 0.913. The Kier molecular flexibility index (Phi) is 6.14. The van der Waals surface area contributed by atoms with Gasteiger partial charge in [-0.15, -0.1) is 0 Å². The third-order valence-corrected chi connectivity index (χ3v) is 8.93. The molecule has 9 rings (SSSR count). The molecule has 9 aromatic rings. The zero-order chi connectivity index (χ0) is 30.5. The van der Waals surface area contributed by atoms with Crippen LogP contribution < -0.4 is 0 Å². The van der Waals surface area contributed by atoms with Crippen LogP contribution >= 0.6 is 0 Å². The lowest BCUT2D eigenvalue weighted by atomic mass is 9.89. The Morgan fingerprint density at radius 1 is 0.348 bits per heavy atom. The second-order valence-corrected chi connectivity index (χ2v) is 11.6.